The smallest absolute Gasteiger partial charge is 0.117 e. The van der Waals surface area contributed by atoms with Gasteiger partial charge in [0.05, 0.1) is 20.2 Å². The minimum atomic E-state index is 0.249. The van der Waals surface area contributed by atoms with E-state index in [2.05, 4.69) is 37.9 Å². The first-order chi connectivity index (χ1) is 7.69. The highest BCUT2D eigenvalue weighted by Gasteiger charge is 2.36. The van der Waals surface area contributed by atoms with Crippen LogP contribution < -0.4 is 0 Å². The van der Waals surface area contributed by atoms with Crippen LogP contribution in [0.2, 0.25) is 0 Å². The molecule has 1 unspecified atom stereocenters. The summed E-state index contributed by atoms with van der Waals surface area (Å²) in [6.07, 6.45) is 2.92. The van der Waals surface area contributed by atoms with E-state index in [0.717, 1.165) is 24.0 Å². The number of likely N-dealkylation sites (N-methyl/N-ethyl adjacent to an activating group) is 1. The molecule has 86 valence electrons. The second-order valence-corrected chi connectivity index (χ2v) is 4.92. The average molecular weight is 218 g/mol. The quantitative estimate of drug-likeness (QED) is 0.605. The summed E-state index contributed by atoms with van der Waals surface area (Å²) in [4.78, 5) is 0. The number of hydrogen-bond donors (Lipinski definition) is 1. The summed E-state index contributed by atoms with van der Waals surface area (Å²) in [5, 5.41) is 9.53. The zero-order valence-corrected chi connectivity index (χ0v) is 9.89. The van der Waals surface area contributed by atoms with Crippen molar-refractivity contribution in [3.8, 4) is 0 Å². The van der Waals surface area contributed by atoms with Crippen molar-refractivity contribution in [2.75, 3.05) is 20.2 Å². The molecule has 0 aromatic heterocycles. The molecule has 0 spiro atoms. The van der Waals surface area contributed by atoms with E-state index in [1.165, 1.54) is 11.1 Å². The second kappa shape index (κ2) is 4.40. The largest absolute Gasteiger partial charge is 0.390 e. The monoisotopic (exact) mass is 218 g/mol. The van der Waals surface area contributed by atoms with E-state index in [4.69, 9.17) is 0 Å². The lowest BCUT2D eigenvalue weighted by Gasteiger charge is -2.44. The van der Waals surface area contributed by atoms with Crippen molar-refractivity contribution in [3.63, 3.8) is 0 Å². The van der Waals surface area contributed by atoms with Crippen LogP contribution in [0.5, 0.6) is 0 Å². The van der Waals surface area contributed by atoms with Crippen molar-refractivity contribution in [1.29, 1.82) is 0 Å². The Bertz CT molecular complexity index is 388. The van der Waals surface area contributed by atoms with Crippen LogP contribution in [0.3, 0.4) is 0 Å². The number of hydrogen-bond acceptors (Lipinski definition) is 1. The van der Waals surface area contributed by atoms with Gasteiger partial charge in [-0.1, -0.05) is 30.8 Å². The molecule has 1 heterocycles. The van der Waals surface area contributed by atoms with E-state index in [9.17, 15) is 5.11 Å². The first kappa shape index (κ1) is 11.4. The normalized spacial score (nSPS) is 28.5. The molecule has 0 radical (unpaired) electrons. The first-order valence-electron chi connectivity index (χ1n) is 5.82. The Morgan fingerprint density at radius 1 is 1.44 bits per heavy atom. The number of aliphatic hydroxyl groups excluding tert-OH is 1. The Balaban J connectivity index is 2.33. The van der Waals surface area contributed by atoms with Crippen LogP contribution in [0.1, 0.15) is 11.1 Å². The lowest BCUT2D eigenvalue weighted by atomic mass is 9.92. The van der Waals surface area contributed by atoms with E-state index >= 15 is 0 Å². The van der Waals surface area contributed by atoms with Gasteiger partial charge in [-0.15, -0.1) is 0 Å². The highest BCUT2D eigenvalue weighted by molar-refractivity contribution is 5.28. The zero-order chi connectivity index (χ0) is 11.6. The van der Waals surface area contributed by atoms with E-state index in [-0.39, 0.29) is 6.61 Å². The van der Waals surface area contributed by atoms with Gasteiger partial charge >= 0.3 is 0 Å². The Kier molecular flexibility index (Phi) is 3.13. The van der Waals surface area contributed by atoms with Gasteiger partial charge in [-0.3, -0.25) is 0 Å². The van der Waals surface area contributed by atoms with Gasteiger partial charge < -0.3 is 9.59 Å². The molecule has 1 N–H and O–H groups in total. The molecule has 1 aliphatic rings. The van der Waals surface area contributed by atoms with Gasteiger partial charge in [-0.2, -0.15) is 0 Å². The molecule has 0 bridgehead atoms. The summed E-state index contributed by atoms with van der Waals surface area (Å²) in [5.41, 5.74) is 2.80. The summed E-state index contributed by atoms with van der Waals surface area (Å²) < 4.78 is 0.872. The van der Waals surface area contributed by atoms with Crippen LogP contribution >= 0.6 is 0 Å². The average Bonchev–Trinajstić information content (AvgIpc) is 2.28. The Labute approximate surface area is 97.4 Å². The molecule has 0 saturated carbocycles. The number of quaternary nitrogens is 1. The maximum atomic E-state index is 9.53. The van der Waals surface area contributed by atoms with Gasteiger partial charge in [0.2, 0.25) is 0 Å². The van der Waals surface area contributed by atoms with E-state index < -0.39 is 0 Å². The predicted octanol–water partition coefficient (Wildman–Crippen LogP) is 1.74. The third-order valence-electron chi connectivity index (χ3n) is 3.74. The van der Waals surface area contributed by atoms with Crippen LogP contribution in [-0.2, 0) is 13.0 Å². The minimum absolute atomic E-state index is 0.249. The number of benzene rings is 1. The molecule has 2 nitrogen and oxygen atoms in total. The Morgan fingerprint density at radius 2 is 2.12 bits per heavy atom. The summed E-state index contributed by atoms with van der Waals surface area (Å²) in [7, 11) is 2.21. The van der Waals surface area contributed by atoms with Crippen LogP contribution in [-0.4, -0.2) is 35.8 Å². The maximum Gasteiger partial charge on any atom is 0.117 e. The van der Waals surface area contributed by atoms with Crippen LogP contribution in [0, 0.1) is 0 Å². The van der Waals surface area contributed by atoms with Crippen LogP contribution in [0.25, 0.3) is 0 Å². The standard InChI is InChI=1S/C14H20NO/c1-3-8-15(2)10-13-7-5-4-6-12(13)9-14(15)11-16/h3-7,14,16H,1,8-11H2,2H3/q+1/t14-,15?/m0/s1. The molecule has 1 aromatic carbocycles. The first-order valence-corrected chi connectivity index (χ1v) is 5.82. The van der Waals surface area contributed by atoms with E-state index in [1.807, 2.05) is 6.08 Å². The van der Waals surface area contributed by atoms with Crippen molar-refractivity contribution in [2.24, 2.45) is 0 Å². The fourth-order valence-corrected chi connectivity index (χ4v) is 2.67. The molecule has 0 fully saturated rings. The number of rotatable bonds is 3. The minimum Gasteiger partial charge on any atom is -0.390 e. The van der Waals surface area contributed by atoms with E-state index in [0.29, 0.717) is 6.04 Å². The van der Waals surface area contributed by atoms with Gasteiger partial charge in [0.25, 0.3) is 0 Å². The molecule has 1 aromatic rings. The SMILES string of the molecule is C=CC[N+]1(C)Cc2ccccc2C[C@H]1CO. The molecule has 1 aliphatic heterocycles. The fourth-order valence-electron chi connectivity index (χ4n) is 2.67. The molecule has 2 rings (SSSR count). The maximum absolute atomic E-state index is 9.53. The van der Waals surface area contributed by atoms with Crippen molar-refractivity contribution >= 4 is 0 Å². The number of fused-ring (bicyclic) bond motifs is 1. The summed E-state index contributed by atoms with van der Waals surface area (Å²) in [6.45, 7) is 5.99. The van der Waals surface area contributed by atoms with Gasteiger partial charge in [0, 0.05) is 12.0 Å². The summed E-state index contributed by atoms with van der Waals surface area (Å²) in [5.74, 6) is 0. The summed E-state index contributed by atoms with van der Waals surface area (Å²) in [6, 6.07) is 8.85. The van der Waals surface area contributed by atoms with Crippen molar-refractivity contribution in [2.45, 2.75) is 19.0 Å². The molecule has 2 atom stereocenters. The highest BCUT2D eigenvalue weighted by Crippen LogP contribution is 2.28. The zero-order valence-electron chi connectivity index (χ0n) is 9.89. The Hall–Kier alpha value is -1.12. The summed E-state index contributed by atoms with van der Waals surface area (Å²) >= 11 is 0. The second-order valence-electron chi connectivity index (χ2n) is 4.92. The van der Waals surface area contributed by atoms with Crippen molar-refractivity contribution < 1.29 is 9.59 Å². The third-order valence-corrected chi connectivity index (χ3v) is 3.74. The fraction of sp³-hybridized carbons (Fsp3) is 0.429. The Morgan fingerprint density at radius 3 is 2.75 bits per heavy atom. The van der Waals surface area contributed by atoms with Crippen LogP contribution in [0.15, 0.2) is 36.9 Å². The molecule has 0 saturated heterocycles. The molecule has 0 aliphatic carbocycles. The van der Waals surface area contributed by atoms with Gasteiger partial charge in [0.15, 0.2) is 0 Å². The van der Waals surface area contributed by atoms with Gasteiger partial charge in [-0.25, -0.2) is 0 Å². The predicted molar refractivity (Wildman–Crippen MR) is 66.0 cm³/mol. The van der Waals surface area contributed by atoms with Gasteiger partial charge in [0.1, 0.15) is 12.6 Å². The number of nitrogens with zero attached hydrogens (tertiary/aromatic N) is 1. The lowest BCUT2D eigenvalue weighted by Crippen LogP contribution is -2.56. The van der Waals surface area contributed by atoms with Gasteiger partial charge in [-0.05, 0) is 11.6 Å². The lowest BCUT2D eigenvalue weighted by molar-refractivity contribution is -0.943. The molecular formula is C14H20NO+. The van der Waals surface area contributed by atoms with Crippen molar-refractivity contribution in [3.05, 3.63) is 48.0 Å². The molecule has 16 heavy (non-hydrogen) atoms. The van der Waals surface area contributed by atoms with Crippen LogP contribution in [0.4, 0.5) is 0 Å². The number of aliphatic hydroxyl groups is 1. The molecule has 2 heteroatoms. The van der Waals surface area contributed by atoms with E-state index in [1.54, 1.807) is 0 Å². The van der Waals surface area contributed by atoms with Crippen molar-refractivity contribution in [1.82, 2.24) is 0 Å². The topological polar surface area (TPSA) is 20.2 Å². The molecular weight excluding hydrogens is 198 g/mol. The molecule has 0 amide bonds. The third kappa shape index (κ3) is 1.91. The highest BCUT2D eigenvalue weighted by atomic mass is 16.3.